The number of ether oxygens (including phenoxy) is 2. The Hall–Kier alpha value is -0.820. The summed E-state index contributed by atoms with van der Waals surface area (Å²) in [7, 11) is 0. The number of aliphatic hydroxyl groups is 1. The fraction of sp³-hybridized carbons (Fsp3) is 0.625. The molecule has 3 N–H and O–H groups in total. The summed E-state index contributed by atoms with van der Waals surface area (Å²) in [6.07, 6.45) is 0.104. The van der Waals surface area contributed by atoms with Crippen LogP contribution >= 0.6 is 15.9 Å². The highest BCUT2D eigenvalue weighted by atomic mass is 79.9. The Kier molecular flexibility index (Phi) is 9.47. The number of aliphatic hydroxyl groups excluding tert-OH is 1. The van der Waals surface area contributed by atoms with Crippen molar-refractivity contribution in [1.82, 2.24) is 10.6 Å². The van der Waals surface area contributed by atoms with Crippen molar-refractivity contribution < 1.29 is 14.6 Å². The van der Waals surface area contributed by atoms with Gasteiger partial charge < -0.3 is 25.2 Å². The van der Waals surface area contributed by atoms with E-state index in [0.717, 1.165) is 41.2 Å². The zero-order valence-corrected chi connectivity index (χ0v) is 15.2. The van der Waals surface area contributed by atoms with Gasteiger partial charge in [0.2, 0.25) is 0 Å². The van der Waals surface area contributed by atoms with Gasteiger partial charge in [-0.25, -0.2) is 0 Å². The quantitative estimate of drug-likeness (QED) is 0.518. The second-order valence-electron chi connectivity index (χ2n) is 5.14. The molecular weight excluding hydrogens is 348 g/mol. The summed E-state index contributed by atoms with van der Waals surface area (Å²) in [5, 5.41) is 15.2. The average Bonchev–Trinajstić information content (AvgIpc) is 2.46. The molecule has 1 rings (SSSR count). The standard InChI is InChI=1S/C16H27BrN2O3/c1-4-21-15-9-13(11-19-6-5-18-7-8-20)14(17)10-16(15)22-12(2)3/h9-10,12,18-20H,4-8,11H2,1-3H3. The number of halogens is 1. The van der Waals surface area contributed by atoms with Crippen LogP contribution < -0.4 is 20.1 Å². The molecule has 0 aromatic heterocycles. The summed E-state index contributed by atoms with van der Waals surface area (Å²) in [4.78, 5) is 0. The van der Waals surface area contributed by atoms with Gasteiger partial charge in [0.1, 0.15) is 0 Å². The molecule has 0 aliphatic rings. The molecule has 5 nitrogen and oxygen atoms in total. The van der Waals surface area contributed by atoms with Crippen molar-refractivity contribution in [2.75, 3.05) is 32.8 Å². The average molecular weight is 375 g/mol. The molecular formula is C16H27BrN2O3. The molecule has 0 heterocycles. The van der Waals surface area contributed by atoms with Crippen LogP contribution in [0.15, 0.2) is 16.6 Å². The Morgan fingerprint density at radius 2 is 1.86 bits per heavy atom. The molecule has 6 heteroatoms. The van der Waals surface area contributed by atoms with E-state index in [9.17, 15) is 0 Å². The summed E-state index contributed by atoms with van der Waals surface area (Å²) in [6.45, 7) is 9.76. The van der Waals surface area contributed by atoms with Crippen molar-refractivity contribution in [3.8, 4) is 11.5 Å². The van der Waals surface area contributed by atoms with Gasteiger partial charge in [-0.3, -0.25) is 0 Å². The summed E-state index contributed by atoms with van der Waals surface area (Å²) < 4.78 is 12.5. The predicted molar refractivity (Wildman–Crippen MR) is 92.7 cm³/mol. The van der Waals surface area contributed by atoms with Gasteiger partial charge in [-0.15, -0.1) is 0 Å². The molecule has 1 aromatic rings. The van der Waals surface area contributed by atoms with Gasteiger partial charge in [-0.1, -0.05) is 15.9 Å². The topological polar surface area (TPSA) is 62.8 Å². The second-order valence-corrected chi connectivity index (χ2v) is 5.99. The van der Waals surface area contributed by atoms with E-state index in [1.165, 1.54) is 0 Å². The molecule has 0 saturated carbocycles. The van der Waals surface area contributed by atoms with E-state index in [4.69, 9.17) is 14.6 Å². The van der Waals surface area contributed by atoms with E-state index in [2.05, 4.69) is 26.6 Å². The molecule has 0 aliphatic carbocycles. The zero-order chi connectivity index (χ0) is 16.4. The maximum atomic E-state index is 8.69. The van der Waals surface area contributed by atoms with Crippen molar-refractivity contribution in [3.63, 3.8) is 0 Å². The maximum Gasteiger partial charge on any atom is 0.162 e. The minimum atomic E-state index is 0.104. The van der Waals surface area contributed by atoms with Crippen LogP contribution in [-0.4, -0.2) is 44.1 Å². The third-order valence-electron chi connectivity index (χ3n) is 2.86. The van der Waals surface area contributed by atoms with Crippen molar-refractivity contribution >= 4 is 15.9 Å². The molecule has 22 heavy (non-hydrogen) atoms. The minimum Gasteiger partial charge on any atom is -0.490 e. The highest BCUT2D eigenvalue weighted by Crippen LogP contribution is 2.34. The fourth-order valence-corrected chi connectivity index (χ4v) is 2.39. The summed E-state index contributed by atoms with van der Waals surface area (Å²) in [5.41, 5.74) is 1.13. The minimum absolute atomic E-state index is 0.104. The maximum absolute atomic E-state index is 8.69. The smallest absolute Gasteiger partial charge is 0.162 e. The molecule has 0 saturated heterocycles. The van der Waals surface area contributed by atoms with Gasteiger partial charge in [0.15, 0.2) is 11.5 Å². The third kappa shape index (κ3) is 6.96. The van der Waals surface area contributed by atoms with Gasteiger partial charge >= 0.3 is 0 Å². The van der Waals surface area contributed by atoms with Crippen LogP contribution in [0.4, 0.5) is 0 Å². The highest BCUT2D eigenvalue weighted by Gasteiger charge is 2.12. The van der Waals surface area contributed by atoms with Crippen LogP contribution in [0.1, 0.15) is 26.3 Å². The lowest BCUT2D eigenvalue weighted by molar-refractivity contribution is 0.223. The van der Waals surface area contributed by atoms with Gasteiger partial charge in [0.25, 0.3) is 0 Å². The molecule has 0 atom stereocenters. The number of hydrogen-bond acceptors (Lipinski definition) is 5. The van der Waals surface area contributed by atoms with Crippen molar-refractivity contribution in [2.45, 2.75) is 33.4 Å². The van der Waals surface area contributed by atoms with Gasteiger partial charge in [0, 0.05) is 30.7 Å². The lowest BCUT2D eigenvalue weighted by Crippen LogP contribution is -2.28. The number of nitrogens with one attached hydrogen (secondary N) is 2. The lowest BCUT2D eigenvalue weighted by Gasteiger charge is -2.17. The summed E-state index contributed by atoms with van der Waals surface area (Å²) >= 11 is 3.59. The van der Waals surface area contributed by atoms with E-state index in [1.807, 2.05) is 32.9 Å². The Morgan fingerprint density at radius 1 is 1.14 bits per heavy atom. The van der Waals surface area contributed by atoms with Crippen molar-refractivity contribution in [2.24, 2.45) is 0 Å². The van der Waals surface area contributed by atoms with Crippen molar-refractivity contribution in [3.05, 3.63) is 22.2 Å². The third-order valence-corrected chi connectivity index (χ3v) is 3.60. The monoisotopic (exact) mass is 374 g/mol. The van der Waals surface area contributed by atoms with Crippen LogP contribution in [-0.2, 0) is 6.54 Å². The molecule has 126 valence electrons. The normalized spacial score (nSPS) is 11.0. The molecule has 0 spiro atoms. The van der Waals surface area contributed by atoms with E-state index in [-0.39, 0.29) is 12.7 Å². The molecule has 0 aliphatic heterocycles. The SMILES string of the molecule is CCOc1cc(CNCCNCCO)c(Br)cc1OC(C)C. The number of benzene rings is 1. The lowest BCUT2D eigenvalue weighted by atomic mass is 10.2. The Morgan fingerprint density at radius 3 is 2.50 bits per heavy atom. The fourth-order valence-electron chi connectivity index (χ4n) is 1.93. The van der Waals surface area contributed by atoms with Crippen LogP contribution in [0, 0.1) is 0 Å². The molecule has 0 bridgehead atoms. The first-order valence-electron chi connectivity index (χ1n) is 7.72. The molecule has 0 amide bonds. The first-order chi connectivity index (χ1) is 10.6. The first kappa shape index (κ1) is 19.2. The van der Waals surface area contributed by atoms with Crippen LogP contribution in [0.25, 0.3) is 0 Å². The van der Waals surface area contributed by atoms with Crippen LogP contribution in [0.5, 0.6) is 11.5 Å². The van der Waals surface area contributed by atoms with E-state index in [1.54, 1.807) is 0 Å². The summed E-state index contributed by atoms with van der Waals surface area (Å²) in [5.74, 6) is 1.53. The van der Waals surface area contributed by atoms with E-state index in [0.29, 0.717) is 13.2 Å². The van der Waals surface area contributed by atoms with E-state index >= 15 is 0 Å². The largest absolute Gasteiger partial charge is 0.490 e. The Balaban J connectivity index is 2.64. The van der Waals surface area contributed by atoms with E-state index < -0.39 is 0 Å². The number of rotatable bonds is 11. The van der Waals surface area contributed by atoms with Crippen LogP contribution in [0.3, 0.4) is 0 Å². The van der Waals surface area contributed by atoms with Crippen molar-refractivity contribution in [1.29, 1.82) is 0 Å². The van der Waals surface area contributed by atoms with Gasteiger partial charge in [-0.05, 0) is 38.5 Å². The first-order valence-corrected chi connectivity index (χ1v) is 8.52. The Bertz CT molecular complexity index is 442. The Labute approximate surface area is 141 Å². The molecule has 1 aromatic carbocycles. The molecule has 0 fully saturated rings. The number of hydrogen-bond donors (Lipinski definition) is 3. The van der Waals surface area contributed by atoms with Gasteiger partial charge in [0.05, 0.1) is 19.3 Å². The predicted octanol–water partition coefficient (Wildman–Crippen LogP) is 2.31. The van der Waals surface area contributed by atoms with Gasteiger partial charge in [-0.2, -0.15) is 0 Å². The second kappa shape index (κ2) is 10.8. The van der Waals surface area contributed by atoms with Crippen LogP contribution in [0.2, 0.25) is 0 Å². The summed E-state index contributed by atoms with van der Waals surface area (Å²) in [6, 6.07) is 3.98. The molecule has 0 radical (unpaired) electrons. The molecule has 0 unspecified atom stereocenters. The highest BCUT2D eigenvalue weighted by molar-refractivity contribution is 9.10. The zero-order valence-electron chi connectivity index (χ0n) is 13.6.